The molecule has 0 spiro atoms. The second-order valence-electron chi connectivity index (χ2n) is 7.43. The smallest absolute Gasteiger partial charge is 0.274 e. The molecule has 0 unspecified atom stereocenters. The zero-order valence-corrected chi connectivity index (χ0v) is 17.4. The summed E-state index contributed by atoms with van der Waals surface area (Å²) in [5.74, 6) is -0.193. The van der Waals surface area contributed by atoms with Gasteiger partial charge in [0.25, 0.3) is 5.91 Å². The maximum absolute atomic E-state index is 12.9. The Morgan fingerprint density at radius 2 is 2.00 bits per heavy atom. The molecule has 1 aliphatic rings. The monoisotopic (exact) mass is 392 g/mol. The predicted octanol–water partition coefficient (Wildman–Crippen LogP) is -0.163. The Bertz CT molecular complexity index is 617. The van der Waals surface area contributed by atoms with E-state index in [2.05, 4.69) is 15.3 Å². The summed E-state index contributed by atoms with van der Waals surface area (Å²) < 4.78 is 5.39. The van der Waals surface area contributed by atoms with E-state index in [-0.39, 0.29) is 17.9 Å². The van der Waals surface area contributed by atoms with Crippen molar-refractivity contribution in [3.05, 3.63) is 23.8 Å². The van der Waals surface area contributed by atoms with E-state index in [1.54, 1.807) is 11.1 Å². The number of amides is 2. The molecule has 1 atom stereocenters. The number of hydrogen-bond acceptors (Lipinski definition) is 5. The number of rotatable bonds is 10. The van der Waals surface area contributed by atoms with Gasteiger partial charge in [-0.1, -0.05) is 6.92 Å². The first-order valence-corrected chi connectivity index (χ1v) is 10.3. The largest absolute Gasteiger partial charge is 0.370 e. The van der Waals surface area contributed by atoms with E-state index in [9.17, 15) is 9.59 Å². The summed E-state index contributed by atoms with van der Waals surface area (Å²) in [5, 5.41) is 2.96. The Balaban J connectivity index is 1.92. The zero-order valence-electron chi connectivity index (χ0n) is 17.4. The minimum absolute atomic E-state index is 0.0269. The third-order valence-electron chi connectivity index (χ3n) is 5.07. The van der Waals surface area contributed by atoms with Gasteiger partial charge in [-0.25, -0.2) is 4.98 Å². The number of carbonyl (C=O) groups excluding carboxylic acids is 2. The van der Waals surface area contributed by atoms with Gasteiger partial charge in [0.2, 0.25) is 5.91 Å². The van der Waals surface area contributed by atoms with Crippen LogP contribution in [0.25, 0.3) is 0 Å². The van der Waals surface area contributed by atoms with E-state index < -0.39 is 0 Å². The Morgan fingerprint density at radius 3 is 2.64 bits per heavy atom. The number of nitrogens with zero attached hydrogens (tertiary/aromatic N) is 3. The molecule has 1 aromatic rings. The first-order chi connectivity index (χ1) is 13.5. The second kappa shape index (κ2) is 11.7. The van der Waals surface area contributed by atoms with Crippen LogP contribution in [0, 0.1) is 6.92 Å². The van der Waals surface area contributed by atoms with Gasteiger partial charge in [-0.05, 0) is 20.3 Å². The predicted molar refractivity (Wildman–Crippen MR) is 106 cm³/mol. The minimum atomic E-state index is -0.166. The fourth-order valence-corrected chi connectivity index (χ4v) is 3.10. The lowest BCUT2D eigenvalue weighted by atomic mass is 10.2. The van der Waals surface area contributed by atoms with Crippen molar-refractivity contribution >= 4 is 11.8 Å². The highest BCUT2D eigenvalue weighted by Gasteiger charge is 2.20. The van der Waals surface area contributed by atoms with Crippen LogP contribution in [0.4, 0.5) is 0 Å². The standard InChI is InChI=1S/C20H33N5O3/c1-4-16(2)23-19(26)6-9-25(8-5-7-24-10-12-28-13-11-24)20(27)18-15-21-17(3)14-22-18/h14-16H,4-13H2,1-3H3,(H,23,26)/p+1/t16-/m1/s1. The highest BCUT2D eigenvalue weighted by molar-refractivity contribution is 5.92. The van der Waals surface area contributed by atoms with E-state index in [1.165, 1.54) is 11.1 Å². The Labute approximate surface area is 167 Å². The van der Waals surface area contributed by atoms with Crippen LogP contribution in [0.2, 0.25) is 0 Å². The number of carbonyl (C=O) groups is 2. The molecule has 2 amide bonds. The van der Waals surface area contributed by atoms with Crippen molar-refractivity contribution in [2.24, 2.45) is 0 Å². The lowest BCUT2D eigenvalue weighted by Crippen LogP contribution is -3.14. The molecule has 1 aromatic heterocycles. The third-order valence-corrected chi connectivity index (χ3v) is 5.07. The van der Waals surface area contributed by atoms with E-state index in [1.807, 2.05) is 20.8 Å². The van der Waals surface area contributed by atoms with Crippen molar-refractivity contribution in [2.75, 3.05) is 45.9 Å². The number of hydrogen-bond donors (Lipinski definition) is 2. The Kier molecular flexibility index (Phi) is 9.30. The number of nitrogens with one attached hydrogen (secondary N) is 2. The van der Waals surface area contributed by atoms with Crippen LogP contribution < -0.4 is 10.2 Å². The van der Waals surface area contributed by atoms with E-state index in [0.717, 1.165) is 51.4 Å². The van der Waals surface area contributed by atoms with Crippen molar-refractivity contribution in [3.63, 3.8) is 0 Å². The van der Waals surface area contributed by atoms with Gasteiger partial charge in [-0.15, -0.1) is 0 Å². The van der Waals surface area contributed by atoms with Crippen molar-refractivity contribution in [1.29, 1.82) is 0 Å². The Hall–Kier alpha value is -2.06. The van der Waals surface area contributed by atoms with E-state index >= 15 is 0 Å². The molecule has 8 heteroatoms. The molecule has 0 aliphatic carbocycles. The molecule has 1 aliphatic heterocycles. The molecular weight excluding hydrogens is 358 g/mol. The molecule has 2 rings (SSSR count). The van der Waals surface area contributed by atoms with Gasteiger partial charge in [0, 0.05) is 38.2 Å². The summed E-state index contributed by atoms with van der Waals surface area (Å²) in [7, 11) is 0. The fourth-order valence-electron chi connectivity index (χ4n) is 3.10. The zero-order chi connectivity index (χ0) is 20.4. The molecule has 0 saturated carbocycles. The van der Waals surface area contributed by atoms with Crippen molar-refractivity contribution in [1.82, 2.24) is 20.2 Å². The maximum Gasteiger partial charge on any atom is 0.274 e. The van der Waals surface area contributed by atoms with Gasteiger partial charge >= 0.3 is 0 Å². The molecule has 2 N–H and O–H groups in total. The molecule has 1 fully saturated rings. The average Bonchev–Trinajstić information content (AvgIpc) is 2.71. The molecule has 28 heavy (non-hydrogen) atoms. The van der Waals surface area contributed by atoms with Gasteiger partial charge in [0.1, 0.15) is 18.8 Å². The Morgan fingerprint density at radius 1 is 1.25 bits per heavy atom. The molecule has 8 nitrogen and oxygen atoms in total. The molecule has 0 bridgehead atoms. The lowest BCUT2D eigenvalue weighted by Gasteiger charge is -2.26. The van der Waals surface area contributed by atoms with Gasteiger partial charge in [0.05, 0.1) is 31.6 Å². The highest BCUT2D eigenvalue weighted by atomic mass is 16.5. The lowest BCUT2D eigenvalue weighted by molar-refractivity contribution is -0.908. The average molecular weight is 393 g/mol. The number of ether oxygens (including phenoxy) is 1. The SMILES string of the molecule is CC[C@@H](C)NC(=O)CCN(CCC[NH+]1CCOCC1)C(=O)c1cnc(C)cn1. The first kappa shape index (κ1) is 22.2. The first-order valence-electron chi connectivity index (χ1n) is 10.3. The number of morpholine rings is 1. The van der Waals surface area contributed by atoms with Crippen LogP contribution >= 0.6 is 0 Å². The summed E-state index contributed by atoms with van der Waals surface area (Å²) in [6.45, 7) is 11.4. The molecular formula is C20H34N5O3+. The topological polar surface area (TPSA) is 88.9 Å². The second-order valence-corrected chi connectivity index (χ2v) is 7.43. The summed E-state index contributed by atoms with van der Waals surface area (Å²) in [6.07, 6.45) is 5.17. The van der Waals surface area contributed by atoms with Crippen molar-refractivity contribution < 1.29 is 19.2 Å². The molecule has 2 heterocycles. The normalized spacial score (nSPS) is 15.8. The van der Waals surface area contributed by atoms with Crippen molar-refractivity contribution in [3.8, 4) is 0 Å². The van der Waals surface area contributed by atoms with Gasteiger partial charge in [-0.3, -0.25) is 14.6 Å². The summed E-state index contributed by atoms with van der Waals surface area (Å²) in [4.78, 5) is 36.7. The summed E-state index contributed by atoms with van der Waals surface area (Å²) in [6, 6.07) is 0.143. The molecule has 156 valence electrons. The van der Waals surface area contributed by atoms with Gasteiger partial charge < -0.3 is 19.9 Å². The van der Waals surface area contributed by atoms with Crippen LogP contribution in [-0.4, -0.2) is 78.7 Å². The minimum Gasteiger partial charge on any atom is -0.370 e. The van der Waals surface area contributed by atoms with E-state index in [0.29, 0.717) is 25.2 Å². The number of aryl methyl sites for hydroxylation is 1. The van der Waals surface area contributed by atoms with Crippen LogP contribution in [0.15, 0.2) is 12.4 Å². The third kappa shape index (κ3) is 7.52. The van der Waals surface area contributed by atoms with E-state index in [4.69, 9.17) is 4.74 Å². The van der Waals surface area contributed by atoms with Crippen LogP contribution in [0.3, 0.4) is 0 Å². The highest BCUT2D eigenvalue weighted by Crippen LogP contribution is 2.04. The van der Waals surface area contributed by atoms with Crippen LogP contribution in [-0.2, 0) is 9.53 Å². The van der Waals surface area contributed by atoms with Crippen LogP contribution in [0.5, 0.6) is 0 Å². The van der Waals surface area contributed by atoms with Gasteiger partial charge in [0.15, 0.2) is 0 Å². The van der Waals surface area contributed by atoms with Gasteiger partial charge in [-0.2, -0.15) is 0 Å². The van der Waals surface area contributed by atoms with Crippen LogP contribution in [0.1, 0.15) is 49.3 Å². The maximum atomic E-state index is 12.9. The summed E-state index contributed by atoms with van der Waals surface area (Å²) >= 11 is 0. The molecule has 0 aromatic carbocycles. The molecule has 1 saturated heterocycles. The number of quaternary nitrogens is 1. The number of aromatic nitrogens is 2. The fraction of sp³-hybridized carbons (Fsp3) is 0.700. The molecule has 0 radical (unpaired) electrons. The quantitative estimate of drug-likeness (QED) is 0.578. The summed E-state index contributed by atoms with van der Waals surface area (Å²) in [5.41, 5.74) is 1.10. The van der Waals surface area contributed by atoms with Crippen molar-refractivity contribution in [2.45, 2.75) is 46.1 Å².